The van der Waals surface area contributed by atoms with Crippen LogP contribution in [0.4, 0.5) is 43.2 Å². The SMILES string of the molecule is CCCS(=O)(=O)Nc1cccc(-c2nc(C(C)(C)C)sc2-c2ccnc(Nc3ccc(N4CCN(C(=O)CC5CCN(c6ccc(N[C@@H]7CCC(=O)NC7=O)cc6)CC5)CC4)c(F)c3)n2)c1F. The smallest absolute Gasteiger partial charge is 0.249 e. The zero-order valence-corrected chi connectivity index (χ0v) is 39.7. The minimum Gasteiger partial charge on any atom is -0.374 e. The van der Waals surface area contributed by atoms with Gasteiger partial charge in [0.1, 0.15) is 11.9 Å². The molecule has 0 aliphatic carbocycles. The molecule has 0 radical (unpaired) electrons. The molecule has 3 aliphatic heterocycles. The molecule has 5 aromatic rings. The fourth-order valence-corrected chi connectivity index (χ4v) is 10.8. The molecule has 0 spiro atoms. The lowest BCUT2D eigenvalue weighted by Gasteiger charge is -2.38. The number of benzene rings is 3. The average Bonchev–Trinajstić information content (AvgIpc) is 3.75. The first kappa shape index (κ1) is 47.3. The largest absolute Gasteiger partial charge is 0.374 e. The lowest BCUT2D eigenvalue weighted by atomic mass is 9.92. The van der Waals surface area contributed by atoms with E-state index in [-0.39, 0.29) is 52.0 Å². The molecule has 15 nitrogen and oxygen atoms in total. The van der Waals surface area contributed by atoms with Crippen molar-refractivity contribution < 1.29 is 31.6 Å². The fraction of sp³-hybridized carbons (Fsp3) is 0.417. The van der Waals surface area contributed by atoms with Gasteiger partial charge in [-0.2, -0.15) is 0 Å². The van der Waals surface area contributed by atoms with Gasteiger partial charge in [0.15, 0.2) is 5.82 Å². The number of hydrogen-bond acceptors (Lipinski definition) is 13. The van der Waals surface area contributed by atoms with E-state index in [0.29, 0.717) is 79.5 Å². The number of amides is 3. The van der Waals surface area contributed by atoms with Crippen molar-refractivity contribution in [2.45, 2.75) is 77.7 Å². The van der Waals surface area contributed by atoms with Crippen LogP contribution in [0.25, 0.3) is 21.8 Å². The van der Waals surface area contributed by atoms with Crippen LogP contribution in [-0.2, 0) is 29.8 Å². The third kappa shape index (κ3) is 11.3. The lowest BCUT2D eigenvalue weighted by molar-refractivity contribution is -0.134. The Bertz CT molecular complexity index is 2730. The van der Waals surface area contributed by atoms with Crippen LogP contribution in [0, 0.1) is 17.6 Å². The summed E-state index contributed by atoms with van der Waals surface area (Å²) >= 11 is 1.36. The van der Waals surface area contributed by atoms with Gasteiger partial charge in [-0.3, -0.25) is 24.4 Å². The molecular weight excluding hydrogens is 899 g/mol. The Labute approximate surface area is 393 Å². The number of rotatable bonds is 14. The van der Waals surface area contributed by atoms with Crippen LogP contribution in [-0.4, -0.2) is 97.1 Å². The maximum atomic E-state index is 16.1. The number of nitrogens with zero attached hydrogens (tertiary/aromatic N) is 6. The molecule has 3 saturated heterocycles. The highest BCUT2D eigenvalue weighted by molar-refractivity contribution is 7.92. The van der Waals surface area contributed by atoms with Crippen LogP contribution in [0.15, 0.2) is 72.9 Å². The molecule has 4 N–H and O–H groups in total. The van der Waals surface area contributed by atoms with Gasteiger partial charge in [0.05, 0.1) is 38.4 Å². The number of piperazine rings is 1. The summed E-state index contributed by atoms with van der Waals surface area (Å²) in [6, 6.07) is 18.6. The lowest BCUT2D eigenvalue weighted by Crippen LogP contribution is -2.49. The van der Waals surface area contributed by atoms with Gasteiger partial charge >= 0.3 is 0 Å². The Kier molecular flexibility index (Phi) is 14.1. The van der Waals surface area contributed by atoms with E-state index in [1.807, 2.05) is 54.8 Å². The Hall–Kier alpha value is -6.21. The predicted octanol–water partition coefficient (Wildman–Crippen LogP) is 7.91. The number of piperidine rings is 2. The van der Waals surface area contributed by atoms with Gasteiger partial charge in [-0.15, -0.1) is 11.3 Å². The van der Waals surface area contributed by atoms with Crippen molar-refractivity contribution in [1.82, 2.24) is 25.2 Å². The highest BCUT2D eigenvalue weighted by Gasteiger charge is 2.30. The fourth-order valence-electron chi connectivity index (χ4n) is 8.56. The zero-order chi connectivity index (χ0) is 47.5. The highest BCUT2D eigenvalue weighted by atomic mass is 32.2. The van der Waals surface area contributed by atoms with E-state index in [1.54, 1.807) is 43.5 Å². The van der Waals surface area contributed by atoms with Gasteiger partial charge in [-0.25, -0.2) is 32.2 Å². The monoisotopic (exact) mass is 954 g/mol. The molecule has 3 fully saturated rings. The second kappa shape index (κ2) is 19.9. The van der Waals surface area contributed by atoms with Crippen LogP contribution in [0.2, 0.25) is 0 Å². The molecular formula is C48H56F2N10O5S2. The number of aromatic nitrogens is 3. The molecule has 8 rings (SSSR count). The number of imide groups is 1. The molecule has 67 heavy (non-hydrogen) atoms. The van der Waals surface area contributed by atoms with E-state index in [0.717, 1.165) is 42.3 Å². The van der Waals surface area contributed by atoms with Gasteiger partial charge in [-0.1, -0.05) is 33.8 Å². The van der Waals surface area contributed by atoms with Crippen molar-refractivity contribution in [3.63, 3.8) is 0 Å². The molecule has 3 aromatic carbocycles. The van der Waals surface area contributed by atoms with Crippen molar-refractivity contribution in [1.29, 1.82) is 0 Å². The van der Waals surface area contributed by atoms with E-state index in [9.17, 15) is 22.8 Å². The first-order valence-electron chi connectivity index (χ1n) is 22.7. The quantitative estimate of drug-likeness (QED) is 0.0792. The molecule has 1 atom stereocenters. The Morgan fingerprint density at radius 1 is 0.896 bits per heavy atom. The Morgan fingerprint density at radius 2 is 1.63 bits per heavy atom. The van der Waals surface area contributed by atoms with E-state index in [2.05, 4.69) is 30.6 Å². The summed E-state index contributed by atoms with van der Waals surface area (Å²) < 4.78 is 59.3. The van der Waals surface area contributed by atoms with Crippen molar-refractivity contribution >= 4 is 73.5 Å². The summed E-state index contributed by atoms with van der Waals surface area (Å²) in [6.07, 6.45) is 4.99. The normalized spacial score (nSPS) is 17.3. The van der Waals surface area contributed by atoms with E-state index in [4.69, 9.17) is 9.97 Å². The summed E-state index contributed by atoms with van der Waals surface area (Å²) in [6.45, 7) is 11.4. The van der Waals surface area contributed by atoms with E-state index in [1.165, 1.54) is 23.5 Å². The number of carbonyl (C=O) groups is 3. The number of anilines is 6. The number of carbonyl (C=O) groups excluding carboxylic acids is 3. The standard InChI is InChI=1S/C48H56F2N10O5S2/c1-5-27-67(64,65)57-36-8-6-7-34(42(36)50)43-44(66-46(56-43)48(2,3)4)37-17-20-51-47(54-37)53-32-11-15-39(35(49)29-32)59-23-25-60(26-24-59)41(62)28-30-18-21-58(22-19-30)33-12-9-31(10-13-33)52-38-14-16-40(61)55-45(38)63/h6-13,15,17,20,29-30,38,52,57H,5,14,16,18-19,21-28H2,1-4H3,(H,51,53,54)(H,55,61,63)/t38-/m1/s1. The predicted molar refractivity (Wildman–Crippen MR) is 259 cm³/mol. The van der Waals surface area contributed by atoms with Gasteiger partial charge in [0.2, 0.25) is 33.7 Å². The van der Waals surface area contributed by atoms with E-state index < -0.39 is 27.7 Å². The van der Waals surface area contributed by atoms with E-state index >= 15 is 8.78 Å². The van der Waals surface area contributed by atoms with Gasteiger partial charge in [0, 0.05) is 86.3 Å². The van der Waals surface area contributed by atoms with Crippen molar-refractivity contribution in [2.24, 2.45) is 5.92 Å². The number of sulfonamides is 1. The van der Waals surface area contributed by atoms with Crippen LogP contribution < -0.4 is 30.5 Å². The molecule has 3 amide bonds. The Morgan fingerprint density at radius 3 is 2.31 bits per heavy atom. The molecule has 5 heterocycles. The number of halogens is 2. The summed E-state index contributed by atoms with van der Waals surface area (Å²) in [4.78, 5) is 57.7. The average molecular weight is 955 g/mol. The topological polar surface area (TPSA) is 182 Å². The summed E-state index contributed by atoms with van der Waals surface area (Å²) in [7, 11) is -3.75. The Balaban J connectivity index is 0.849. The van der Waals surface area contributed by atoms with Crippen molar-refractivity contribution in [2.75, 3.05) is 70.2 Å². The molecule has 0 bridgehead atoms. The third-order valence-electron chi connectivity index (χ3n) is 12.2. The summed E-state index contributed by atoms with van der Waals surface area (Å²) in [5, 5.41) is 9.42. The van der Waals surface area contributed by atoms with Gasteiger partial charge < -0.3 is 25.3 Å². The molecule has 2 aromatic heterocycles. The van der Waals surface area contributed by atoms with Gasteiger partial charge in [-0.05, 0) is 92.3 Å². The maximum Gasteiger partial charge on any atom is 0.249 e. The summed E-state index contributed by atoms with van der Waals surface area (Å²) in [5.74, 6) is -1.27. The third-order valence-corrected chi connectivity index (χ3v) is 15.2. The van der Waals surface area contributed by atoms with Crippen LogP contribution in [0.3, 0.4) is 0 Å². The van der Waals surface area contributed by atoms with Crippen LogP contribution >= 0.6 is 11.3 Å². The van der Waals surface area contributed by atoms with Crippen LogP contribution in [0.1, 0.15) is 71.2 Å². The second-order valence-electron chi connectivity index (χ2n) is 18.3. The molecule has 3 aliphatic rings. The minimum absolute atomic E-state index is 0.121. The van der Waals surface area contributed by atoms with Crippen LogP contribution in [0.5, 0.6) is 0 Å². The minimum atomic E-state index is -3.75. The maximum absolute atomic E-state index is 16.1. The van der Waals surface area contributed by atoms with Gasteiger partial charge in [0.25, 0.3) is 0 Å². The molecule has 0 saturated carbocycles. The first-order chi connectivity index (χ1) is 32.0. The van der Waals surface area contributed by atoms with Crippen molar-refractivity contribution in [3.05, 3.63) is 89.6 Å². The number of thiazole rings is 1. The molecule has 19 heteroatoms. The molecule has 354 valence electrons. The highest BCUT2D eigenvalue weighted by Crippen LogP contribution is 2.42. The first-order valence-corrected chi connectivity index (χ1v) is 25.2. The number of nitrogens with one attached hydrogen (secondary N) is 4. The second-order valence-corrected chi connectivity index (χ2v) is 21.1. The molecule has 0 unspecified atom stereocenters. The number of hydrogen-bond donors (Lipinski definition) is 4. The zero-order valence-electron chi connectivity index (χ0n) is 38.1. The van der Waals surface area contributed by atoms with Crippen molar-refractivity contribution in [3.8, 4) is 21.8 Å². The summed E-state index contributed by atoms with van der Waals surface area (Å²) in [5.41, 5.74) is 3.11.